The Bertz CT molecular complexity index is 803. The Kier molecular flexibility index (Phi) is 7.22. The minimum absolute atomic E-state index is 0.0831. The molecule has 0 spiro atoms. The van der Waals surface area contributed by atoms with Gasteiger partial charge in [0.25, 0.3) is 5.69 Å². The number of benzene rings is 2. The van der Waals surface area contributed by atoms with Crippen LogP contribution in [0.15, 0.2) is 53.5 Å². The van der Waals surface area contributed by atoms with Crippen LogP contribution in [0.25, 0.3) is 0 Å². The largest absolute Gasteiger partial charge is 0.381 e. The van der Waals surface area contributed by atoms with Crippen LogP contribution in [0.5, 0.6) is 0 Å². The Labute approximate surface area is 168 Å². The first-order chi connectivity index (χ1) is 13.6. The van der Waals surface area contributed by atoms with Gasteiger partial charge in [0, 0.05) is 42.8 Å². The summed E-state index contributed by atoms with van der Waals surface area (Å²) < 4.78 is 5.42. The molecule has 0 amide bonds. The van der Waals surface area contributed by atoms with Crippen molar-refractivity contribution in [3.8, 4) is 0 Å². The lowest BCUT2D eigenvalue weighted by Crippen LogP contribution is -2.39. The van der Waals surface area contributed by atoms with E-state index in [0.29, 0.717) is 30.0 Å². The summed E-state index contributed by atoms with van der Waals surface area (Å²) in [4.78, 5) is 15.0. The molecule has 1 atom stereocenters. The van der Waals surface area contributed by atoms with Crippen molar-refractivity contribution in [2.45, 2.75) is 19.5 Å². The summed E-state index contributed by atoms with van der Waals surface area (Å²) in [6.45, 7) is 3.39. The number of hydrogen-bond acceptors (Lipinski definition) is 4. The fourth-order valence-corrected chi connectivity index (χ4v) is 2.97. The number of guanidine groups is 1. The summed E-state index contributed by atoms with van der Waals surface area (Å²) in [5.74, 6) is 1.17. The second kappa shape index (κ2) is 10.1. The van der Waals surface area contributed by atoms with Gasteiger partial charge in [-0.25, -0.2) is 4.99 Å². The van der Waals surface area contributed by atoms with Crippen molar-refractivity contribution in [2.75, 3.05) is 19.8 Å². The van der Waals surface area contributed by atoms with Crippen LogP contribution in [0.3, 0.4) is 0 Å². The van der Waals surface area contributed by atoms with Gasteiger partial charge in [-0.2, -0.15) is 0 Å². The Balaban J connectivity index is 1.61. The van der Waals surface area contributed by atoms with E-state index in [2.05, 4.69) is 15.6 Å². The molecule has 2 N–H and O–H groups in total. The maximum Gasteiger partial charge on any atom is 0.269 e. The maximum atomic E-state index is 10.8. The molecule has 0 saturated carbocycles. The van der Waals surface area contributed by atoms with E-state index in [1.807, 2.05) is 24.3 Å². The molecule has 8 heteroatoms. The van der Waals surface area contributed by atoms with Gasteiger partial charge in [-0.15, -0.1) is 0 Å². The van der Waals surface area contributed by atoms with Gasteiger partial charge in [-0.3, -0.25) is 10.1 Å². The minimum Gasteiger partial charge on any atom is -0.381 e. The number of ether oxygens (including phenoxy) is 1. The van der Waals surface area contributed by atoms with Crippen molar-refractivity contribution in [3.63, 3.8) is 0 Å². The van der Waals surface area contributed by atoms with Gasteiger partial charge in [0.05, 0.1) is 18.1 Å². The third kappa shape index (κ3) is 6.21. The van der Waals surface area contributed by atoms with Gasteiger partial charge in [0.1, 0.15) is 0 Å². The third-order valence-corrected chi connectivity index (χ3v) is 4.77. The standard InChI is InChI=1S/C20H23ClN4O3/c21-18-5-1-15(2-6-18)11-22-20(24-13-17-9-10-28-14-17)23-12-16-3-7-19(8-4-16)25(26)27/h1-8,17H,9-14H2,(H2,22,23,24). The SMILES string of the molecule is O=[N+]([O-])c1ccc(CNC(=NCc2ccc(Cl)cc2)NCC2CCOC2)cc1. The quantitative estimate of drug-likeness (QED) is 0.320. The highest BCUT2D eigenvalue weighted by atomic mass is 35.5. The van der Waals surface area contributed by atoms with E-state index in [1.165, 1.54) is 12.1 Å². The number of nitro benzene ring substituents is 1. The van der Waals surface area contributed by atoms with Crippen LogP contribution in [-0.4, -0.2) is 30.6 Å². The number of rotatable bonds is 7. The van der Waals surface area contributed by atoms with Gasteiger partial charge in [-0.1, -0.05) is 35.9 Å². The smallest absolute Gasteiger partial charge is 0.269 e. The molecule has 2 aromatic rings. The first kappa shape index (κ1) is 20.1. The lowest BCUT2D eigenvalue weighted by molar-refractivity contribution is -0.384. The van der Waals surface area contributed by atoms with E-state index in [-0.39, 0.29) is 5.69 Å². The van der Waals surface area contributed by atoms with Gasteiger partial charge >= 0.3 is 0 Å². The highest BCUT2D eigenvalue weighted by molar-refractivity contribution is 6.30. The zero-order valence-electron chi connectivity index (χ0n) is 15.4. The monoisotopic (exact) mass is 402 g/mol. The van der Waals surface area contributed by atoms with Crippen LogP contribution in [-0.2, 0) is 17.8 Å². The second-order valence-corrected chi connectivity index (χ2v) is 7.12. The maximum absolute atomic E-state index is 10.8. The predicted octanol–water partition coefficient (Wildman–Crippen LogP) is 3.52. The predicted molar refractivity (Wildman–Crippen MR) is 109 cm³/mol. The van der Waals surface area contributed by atoms with Crippen LogP contribution < -0.4 is 10.6 Å². The Morgan fingerprint density at radius 2 is 1.86 bits per heavy atom. The van der Waals surface area contributed by atoms with E-state index in [4.69, 9.17) is 16.3 Å². The minimum atomic E-state index is -0.401. The van der Waals surface area contributed by atoms with Crippen molar-refractivity contribution in [1.29, 1.82) is 0 Å². The molecule has 0 radical (unpaired) electrons. The number of aliphatic imine (C=N–C) groups is 1. The summed E-state index contributed by atoms with van der Waals surface area (Å²) in [6, 6.07) is 14.1. The van der Waals surface area contributed by atoms with Crippen molar-refractivity contribution >= 4 is 23.2 Å². The van der Waals surface area contributed by atoms with Crippen LogP contribution in [0.4, 0.5) is 5.69 Å². The molecule has 1 heterocycles. The molecule has 0 aliphatic carbocycles. The topological polar surface area (TPSA) is 88.8 Å². The average Bonchev–Trinajstić information content (AvgIpc) is 3.22. The number of nitrogens with one attached hydrogen (secondary N) is 2. The van der Waals surface area contributed by atoms with Gasteiger partial charge in [0.2, 0.25) is 0 Å². The molecule has 1 aliphatic rings. The normalized spacial score (nSPS) is 16.8. The van der Waals surface area contributed by atoms with E-state index in [1.54, 1.807) is 12.1 Å². The summed E-state index contributed by atoms with van der Waals surface area (Å²) in [7, 11) is 0. The number of nitrogens with zero attached hydrogens (tertiary/aromatic N) is 2. The molecule has 3 rings (SSSR count). The first-order valence-corrected chi connectivity index (χ1v) is 9.55. The Hall–Kier alpha value is -2.64. The molecule has 1 saturated heterocycles. The molecule has 1 aliphatic heterocycles. The van der Waals surface area contributed by atoms with Gasteiger partial charge in [0.15, 0.2) is 5.96 Å². The van der Waals surface area contributed by atoms with Crippen LogP contribution in [0, 0.1) is 16.0 Å². The average molecular weight is 403 g/mol. The number of halogens is 1. The summed E-state index contributed by atoms with van der Waals surface area (Å²) in [5.41, 5.74) is 2.08. The zero-order valence-corrected chi connectivity index (χ0v) is 16.2. The van der Waals surface area contributed by atoms with E-state index < -0.39 is 4.92 Å². The van der Waals surface area contributed by atoms with Crippen molar-refractivity contribution in [1.82, 2.24) is 10.6 Å². The highest BCUT2D eigenvalue weighted by Crippen LogP contribution is 2.13. The van der Waals surface area contributed by atoms with Crippen molar-refractivity contribution < 1.29 is 9.66 Å². The molecule has 148 valence electrons. The molecule has 1 fully saturated rings. The third-order valence-electron chi connectivity index (χ3n) is 4.52. The lowest BCUT2D eigenvalue weighted by Gasteiger charge is -2.15. The van der Waals surface area contributed by atoms with Crippen molar-refractivity contribution in [2.24, 2.45) is 10.9 Å². The molecule has 2 aromatic carbocycles. The fourth-order valence-electron chi connectivity index (χ4n) is 2.84. The fraction of sp³-hybridized carbons (Fsp3) is 0.350. The molecule has 1 unspecified atom stereocenters. The molecular formula is C20H23ClN4O3. The Morgan fingerprint density at radius 3 is 2.50 bits per heavy atom. The zero-order chi connectivity index (χ0) is 19.8. The highest BCUT2D eigenvalue weighted by Gasteiger charge is 2.15. The van der Waals surface area contributed by atoms with Crippen LogP contribution in [0.2, 0.25) is 5.02 Å². The lowest BCUT2D eigenvalue weighted by atomic mass is 10.1. The van der Waals surface area contributed by atoms with Crippen molar-refractivity contribution in [3.05, 3.63) is 74.8 Å². The van der Waals surface area contributed by atoms with E-state index in [0.717, 1.165) is 37.3 Å². The number of hydrogen-bond donors (Lipinski definition) is 2. The molecule has 28 heavy (non-hydrogen) atoms. The van der Waals surface area contributed by atoms with Gasteiger partial charge in [-0.05, 0) is 29.7 Å². The second-order valence-electron chi connectivity index (χ2n) is 6.68. The molecule has 7 nitrogen and oxygen atoms in total. The molecule has 0 aromatic heterocycles. The van der Waals surface area contributed by atoms with Crippen LogP contribution in [0.1, 0.15) is 17.5 Å². The Morgan fingerprint density at radius 1 is 1.14 bits per heavy atom. The van der Waals surface area contributed by atoms with E-state index >= 15 is 0 Å². The number of non-ortho nitro benzene ring substituents is 1. The van der Waals surface area contributed by atoms with Gasteiger partial charge < -0.3 is 15.4 Å². The molecular weight excluding hydrogens is 380 g/mol. The van der Waals surface area contributed by atoms with E-state index in [9.17, 15) is 10.1 Å². The summed E-state index contributed by atoms with van der Waals surface area (Å²) in [6.07, 6.45) is 1.04. The van der Waals surface area contributed by atoms with Crippen LogP contribution >= 0.6 is 11.6 Å². The molecule has 0 bridgehead atoms. The first-order valence-electron chi connectivity index (χ1n) is 9.18. The number of nitro groups is 1. The summed E-state index contributed by atoms with van der Waals surface area (Å²) >= 11 is 5.93. The summed E-state index contributed by atoms with van der Waals surface area (Å²) in [5, 5.41) is 18.1.